The van der Waals surface area contributed by atoms with E-state index in [4.69, 9.17) is 27.9 Å². The molecule has 3 aromatic rings. The maximum absolute atomic E-state index is 13.5. The van der Waals surface area contributed by atoms with Gasteiger partial charge in [-0.05, 0) is 68.8 Å². The van der Waals surface area contributed by atoms with Crippen molar-refractivity contribution in [2.24, 2.45) is 0 Å². The maximum Gasteiger partial charge on any atom is 0.258 e. The number of likely N-dealkylation sites (N-methyl/N-ethyl adjacent to an activating group) is 1. The molecule has 194 valence electrons. The lowest BCUT2D eigenvalue weighted by molar-refractivity contribution is -0.112. The first-order valence-corrected chi connectivity index (χ1v) is 14.2. The lowest BCUT2D eigenvalue weighted by Gasteiger charge is -2.26. The van der Waals surface area contributed by atoms with Gasteiger partial charge in [-0.1, -0.05) is 29.3 Å². The van der Waals surface area contributed by atoms with Crippen LogP contribution in [-0.2, 0) is 19.6 Å². The summed E-state index contributed by atoms with van der Waals surface area (Å²) in [6.45, 7) is 7.62. The van der Waals surface area contributed by atoms with Gasteiger partial charge in [0.05, 0.1) is 39.5 Å². The van der Waals surface area contributed by atoms with Crippen LogP contribution in [0.15, 0.2) is 47.4 Å². The van der Waals surface area contributed by atoms with Gasteiger partial charge in [0.2, 0.25) is 10.0 Å². The Labute approximate surface area is 226 Å². The number of carbonyl (C=O) groups is 1. The second-order valence-electron chi connectivity index (χ2n) is 9.04. The van der Waals surface area contributed by atoms with Gasteiger partial charge in [0.25, 0.3) is 5.91 Å². The molecule has 5 rings (SSSR count). The first-order valence-electron chi connectivity index (χ1n) is 12.0. The first kappa shape index (κ1) is 26.0. The number of morpholine rings is 1. The van der Waals surface area contributed by atoms with Crippen molar-refractivity contribution in [1.82, 2.24) is 8.87 Å². The number of fused-ring (bicyclic) bond motifs is 1. The molecule has 0 saturated carbocycles. The Morgan fingerprint density at radius 2 is 1.76 bits per heavy atom. The van der Waals surface area contributed by atoms with Gasteiger partial charge in [0.15, 0.2) is 0 Å². The third kappa shape index (κ3) is 4.41. The van der Waals surface area contributed by atoms with Crippen molar-refractivity contribution in [3.63, 3.8) is 0 Å². The van der Waals surface area contributed by atoms with Crippen molar-refractivity contribution in [1.29, 1.82) is 0 Å². The van der Waals surface area contributed by atoms with Crippen molar-refractivity contribution in [2.45, 2.75) is 25.7 Å². The summed E-state index contributed by atoms with van der Waals surface area (Å²) in [5, 5.41) is 0.904. The van der Waals surface area contributed by atoms with Crippen LogP contribution in [0, 0.1) is 13.8 Å². The van der Waals surface area contributed by atoms with Crippen molar-refractivity contribution >= 4 is 56.5 Å². The molecule has 7 nitrogen and oxygen atoms in total. The van der Waals surface area contributed by atoms with Crippen LogP contribution < -0.4 is 4.90 Å². The number of halogens is 2. The van der Waals surface area contributed by atoms with Crippen molar-refractivity contribution < 1.29 is 17.9 Å². The van der Waals surface area contributed by atoms with E-state index < -0.39 is 10.0 Å². The molecule has 37 heavy (non-hydrogen) atoms. The Balaban J connectivity index is 1.62. The minimum Gasteiger partial charge on any atom is -0.379 e. The molecular formula is C27H27Cl2N3O4S. The summed E-state index contributed by atoms with van der Waals surface area (Å²) in [6.07, 6.45) is 1.83. The van der Waals surface area contributed by atoms with Crippen LogP contribution >= 0.6 is 23.2 Å². The molecule has 1 saturated heterocycles. The molecule has 2 aromatic carbocycles. The fourth-order valence-corrected chi connectivity index (χ4v) is 6.83. The molecule has 0 radical (unpaired) electrons. The quantitative estimate of drug-likeness (QED) is 0.396. The lowest BCUT2D eigenvalue weighted by atomic mass is 10.0. The predicted octanol–water partition coefficient (Wildman–Crippen LogP) is 5.33. The van der Waals surface area contributed by atoms with Crippen molar-refractivity contribution in [2.75, 3.05) is 37.7 Å². The monoisotopic (exact) mass is 559 g/mol. The summed E-state index contributed by atoms with van der Waals surface area (Å²) in [5.41, 5.74) is 5.15. The van der Waals surface area contributed by atoms with Gasteiger partial charge in [-0.3, -0.25) is 4.79 Å². The maximum atomic E-state index is 13.5. The van der Waals surface area contributed by atoms with E-state index in [0.717, 1.165) is 22.6 Å². The number of ether oxygens (including phenoxy) is 1. The van der Waals surface area contributed by atoms with Crippen LogP contribution in [-0.4, -0.2) is 56.0 Å². The highest BCUT2D eigenvalue weighted by atomic mass is 35.5. The van der Waals surface area contributed by atoms with Gasteiger partial charge in [-0.15, -0.1) is 0 Å². The molecule has 1 amide bonds. The number of nitrogens with zero attached hydrogens (tertiary/aromatic N) is 3. The summed E-state index contributed by atoms with van der Waals surface area (Å²) in [5.74, 6) is -0.163. The van der Waals surface area contributed by atoms with Crippen LogP contribution in [0.4, 0.5) is 5.69 Å². The zero-order chi connectivity index (χ0) is 26.5. The van der Waals surface area contributed by atoms with Crippen LogP contribution in [0.5, 0.6) is 0 Å². The average molecular weight is 561 g/mol. The first-order chi connectivity index (χ1) is 17.6. The summed E-state index contributed by atoms with van der Waals surface area (Å²) in [7, 11) is -3.71. The molecule has 0 atom stereocenters. The van der Waals surface area contributed by atoms with E-state index in [2.05, 4.69) is 0 Å². The molecule has 0 aliphatic carbocycles. The van der Waals surface area contributed by atoms with Gasteiger partial charge in [0, 0.05) is 42.2 Å². The largest absolute Gasteiger partial charge is 0.379 e. The zero-order valence-electron chi connectivity index (χ0n) is 20.8. The number of rotatable bonds is 5. The van der Waals surface area contributed by atoms with Crippen molar-refractivity contribution in [3.8, 4) is 5.69 Å². The Morgan fingerprint density at radius 3 is 2.46 bits per heavy atom. The smallest absolute Gasteiger partial charge is 0.258 e. The Morgan fingerprint density at radius 1 is 1.03 bits per heavy atom. The number of hydrogen-bond acceptors (Lipinski definition) is 4. The molecule has 2 aliphatic rings. The fraction of sp³-hybridized carbons (Fsp3) is 0.296. The Hall–Kier alpha value is -2.62. The average Bonchev–Trinajstić information content (AvgIpc) is 3.32. The van der Waals surface area contributed by atoms with Crippen LogP contribution in [0.1, 0.15) is 29.4 Å². The number of benzene rings is 2. The van der Waals surface area contributed by atoms with Crippen LogP contribution in [0.3, 0.4) is 0 Å². The summed E-state index contributed by atoms with van der Waals surface area (Å²) >= 11 is 12.8. The van der Waals surface area contributed by atoms with Gasteiger partial charge < -0.3 is 14.2 Å². The summed E-state index contributed by atoms with van der Waals surface area (Å²) in [6, 6.07) is 12.4. The van der Waals surface area contributed by atoms with E-state index in [1.807, 2.05) is 49.6 Å². The molecule has 0 unspecified atom stereocenters. The van der Waals surface area contributed by atoms with Gasteiger partial charge in [-0.2, -0.15) is 4.31 Å². The summed E-state index contributed by atoms with van der Waals surface area (Å²) < 4.78 is 35.4. The number of amides is 1. The lowest BCUT2D eigenvalue weighted by Crippen LogP contribution is -2.40. The number of sulfonamides is 1. The van der Waals surface area contributed by atoms with E-state index >= 15 is 0 Å². The number of anilines is 1. The second kappa shape index (κ2) is 9.93. The highest BCUT2D eigenvalue weighted by Crippen LogP contribution is 2.40. The predicted molar refractivity (Wildman–Crippen MR) is 147 cm³/mol. The number of aromatic nitrogens is 1. The van der Waals surface area contributed by atoms with Gasteiger partial charge in [0.1, 0.15) is 0 Å². The van der Waals surface area contributed by atoms with E-state index in [0.29, 0.717) is 59.7 Å². The van der Waals surface area contributed by atoms with E-state index in [-0.39, 0.29) is 10.8 Å². The standard InChI is InChI=1S/C27H27Cl2N3O4S/c1-4-31-24-9-8-20(37(34,35)30-10-12-36-13-11-30)16-21(24)22(27(31)33)15-19-14-17(2)32(18(19)3)25-7-5-6-23(28)26(25)29/h5-9,14-16H,4,10-13H2,1-3H3/b22-15-. The SMILES string of the molecule is CCN1C(=O)/C(=C\c2cc(C)n(-c3cccc(Cl)c3Cl)c2C)c2cc(S(=O)(=O)N3CCOCC3)ccc21. The van der Waals surface area contributed by atoms with Crippen LogP contribution in [0.25, 0.3) is 17.3 Å². The number of carbonyl (C=O) groups excluding carboxylic acids is 1. The normalized spacial score (nSPS) is 17.6. The Kier molecular flexibility index (Phi) is 6.98. The van der Waals surface area contributed by atoms with Gasteiger partial charge in [-0.25, -0.2) is 8.42 Å². The minimum absolute atomic E-state index is 0.163. The van der Waals surface area contributed by atoms with Gasteiger partial charge >= 0.3 is 0 Å². The molecule has 2 aliphatic heterocycles. The topological polar surface area (TPSA) is 71.9 Å². The highest BCUT2D eigenvalue weighted by molar-refractivity contribution is 7.89. The van der Waals surface area contributed by atoms with Crippen molar-refractivity contribution in [3.05, 3.63) is 75.0 Å². The van der Waals surface area contributed by atoms with E-state index in [1.54, 1.807) is 29.2 Å². The molecule has 0 N–H and O–H groups in total. The molecule has 3 heterocycles. The summed E-state index contributed by atoms with van der Waals surface area (Å²) in [4.78, 5) is 15.3. The molecule has 10 heteroatoms. The third-order valence-corrected chi connectivity index (χ3v) is 9.59. The second-order valence-corrected chi connectivity index (χ2v) is 11.8. The number of aryl methyl sites for hydroxylation is 1. The molecule has 1 fully saturated rings. The minimum atomic E-state index is -3.71. The number of hydrogen-bond donors (Lipinski definition) is 0. The van der Waals surface area contributed by atoms with E-state index in [1.165, 1.54) is 4.31 Å². The molecule has 0 spiro atoms. The Bertz CT molecular complexity index is 1540. The van der Waals surface area contributed by atoms with E-state index in [9.17, 15) is 13.2 Å². The molecule has 1 aromatic heterocycles. The molecule has 0 bridgehead atoms. The molecular weight excluding hydrogens is 533 g/mol. The fourth-order valence-electron chi connectivity index (χ4n) is 5.01. The highest BCUT2D eigenvalue weighted by Gasteiger charge is 2.34. The zero-order valence-corrected chi connectivity index (χ0v) is 23.1. The van der Waals surface area contributed by atoms with Crippen LogP contribution in [0.2, 0.25) is 10.0 Å². The third-order valence-electron chi connectivity index (χ3n) is 6.89.